The van der Waals surface area contributed by atoms with Gasteiger partial charge in [0.15, 0.2) is 0 Å². The number of halogens is 1. The Labute approximate surface area is 71.2 Å². The van der Waals surface area contributed by atoms with Crippen molar-refractivity contribution in [3.8, 4) is 5.75 Å². The zero-order chi connectivity index (χ0) is 8.60. The topological polar surface area (TPSA) is 9.23 Å². The average Bonchev–Trinajstić information content (AvgIpc) is 2.02. The lowest BCUT2D eigenvalue weighted by atomic mass is 9.96. The number of fused-ring (bicyclic) bond motifs is 1. The molecule has 1 aliphatic heterocycles. The first-order valence-electron chi connectivity index (χ1n) is 4.07. The van der Waals surface area contributed by atoms with E-state index in [4.69, 9.17) is 4.74 Å². The van der Waals surface area contributed by atoms with Gasteiger partial charge in [-0.15, -0.1) is 0 Å². The molecule has 0 N–H and O–H groups in total. The fourth-order valence-electron chi connectivity index (χ4n) is 1.47. The molecule has 64 valence electrons. The van der Waals surface area contributed by atoms with Crippen molar-refractivity contribution in [2.24, 2.45) is 0 Å². The number of hydrogen-bond donors (Lipinski definition) is 0. The van der Waals surface area contributed by atoms with Crippen LogP contribution >= 0.6 is 0 Å². The Kier molecular flexibility index (Phi) is 1.56. The standard InChI is InChI=1S/C10H11FO/c1-10(11)6-8-4-2-3-5-9(8)12-7-10/h2-5H,6-7H2,1H3. The molecule has 1 nitrogen and oxygen atoms in total. The maximum atomic E-state index is 13.4. The summed E-state index contributed by atoms with van der Waals surface area (Å²) in [5.41, 5.74) is -0.234. The molecule has 1 aromatic rings. The molecule has 0 amide bonds. The van der Waals surface area contributed by atoms with Gasteiger partial charge in [-0.25, -0.2) is 4.39 Å². The highest BCUT2D eigenvalue weighted by atomic mass is 19.1. The van der Waals surface area contributed by atoms with Crippen molar-refractivity contribution in [3.05, 3.63) is 29.8 Å². The summed E-state index contributed by atoms with van der Waals surface area (Å²) in [6.45, 7) is 1.74. The number of hydrogen-bond acceptors (Lipinski definition) is 1. The van der Waals surface area contributed by atoms with Gasteiger partial charge < -0.3 is 4.74 Å². The quantitative estimate of drug-likeness (QED) is 0.574. The average molecular weight is 166 g/mol. The van der Waals surface area contributed by atoms with Gasteiger partial charge in [-0.2, -0.15) is 0 Å². The highest BCUT2D eigenvalue weighted by Gasteiger charge is 2.30. The van der Waals surface area contributed by atoms with E-state index in [2.05, 4.69) is 0 Å². The molecule has 0 aliphatic carbocycles. The smallest absolute Gasteiger partial charge is 0.146 e. The zero-order valence-corrected chi connectivity index (χ0v) is 7.01. The Morgan fingerprint density at radius 1 is 1.42 bits per heavy atom. The summed E-state index contributed by atoms with van der Waals surface area (Å²) in [6.07, 6.45) is 0.461. The van der Waals surface area contributed by atoms with Gasteiger partial charge in [0.05, 0.1) is 0 Å². The second-order valence-corrected chi connectivity index (χ2v) is 3.49. The lowest BCUT2D eigenvalue weighted by Gasteiger charge is -2.27. The van der Waals surface area contributed by atoms with Gasteiger partial charge in [-0.1, -0.05) is 18.2 Å². The van der Waals surface area contributed by atoms with Crippen LogP contribution in [-0.2, 0) is 6.42 Å². The van der Waals surface area contributed by atoms with E-state index in [1.165, 1.54) is 0 Å². The normalized spacial score (nSPS) is 27.5. The molecule has 0 fully saturated rings. The van der Waals surface area contributed by atoms with Crippen molar-refractivity contribution < 1.29 is 9.13 Å². The number of ether oxygens (including phenoxy) is 1. The summed E-state index contributed by atoms with van der Waals surface area (Å²) < 4.78 is 18.7. The minimum atomic E-state index is -1.20. The van der Waals surface area contributed by atoms with Crippen molar-refractivity contribution >= 4 is 0 Å². The number of para-hydroxylation sites is 1. The van der Waals surface area contributed by atoms with Crippen LogP contribution in [0.15, 0.2) is 24.3 Å². The molecule has 0 aromatic heterocycles. The zero-order valence-electron chi connectivity index (χ0n) is 7.01. The molecule has 0 saturated heterocycles. The summed E-state index contributed by atoms with van der Waals surface area (Å²) >= 11 is 0. The molecule has 1 aromatic carbocycles. The van der Waals surface area contributed by atoms with Crippen molar-refractivity contribution in [1.82, 2.24) is 0 Å². The van der Waals surface area contributed by atoms with Crippen LogP contribution < -0.4 is 4.74 Å². The monoisotopic (exact) mass is 166 g/mol. The summed E-state index contributed by atoms with van der Waals surface area (Å²) in [4.78, 5) is 0. The van der Waals surface area contributed by atoms with E-state index in [-0.39, 0.29) is 6.61 Å². The second kappa shape index (κ2) is 2.47. The Hall–Kier alpha value is -1.05. The summed E-state index contributed by atoms with van der Waals surface area (Å²) in [5, 5.41) is 0. The molecule has 0 saturated carbocycles. The van der Waals surface area contributed by atoms with E-state index < -0.39 is 5.67 Å². The molecular formula is C10H11FO. The predicted octanol–water partition coefficient (Wildman–Crippen LogP) is 2.35. The van der Waals surface area contributed by atoms with Crippen LogP contribution in [0.25, 0.3) is 0 Å². The minimum absolute atomic E-state index is 0.171. The molecule has 1 unspecified atom stereocenters. The minimum Gasteiger partial charge on any atom is -0.490 e. The van der Waals surface area contributed by atoms with Crippen LogP contribution in [0.4, 0.5) is 4.39 Å². The Morgan fingerprint density at radius 3 is 3.00 bits per heavy atom. The van der Waals surface area contributed by atoms with Gasteiger partial charge in [0.1, 0.15) is 18.0 Å². The van der Waals surface area contributed by atoms with Gasteiger partial charge in [-0.3, -0.25) is 0 Å². The van der Waals surface area contributed by atoms with Crippen LogP contribution in [0.5, 0.6) is 5.75 Å². The molecule has 12 heavy (non-hydrogen) atoms. The second-order valence-electron chi connectivity index (χ2n) is 3.49. The fourth-order valence-corrected chi connectivity index (χ4v) is 1.47. The van der Waals surface area contributed by atoms with E-state index in [0.717, 1.165) is 11.3 Å². The Balaban J connectivity index is 2.35. The largest absolute Gasteiger partial charge is 0.490 e. The Bertz CT molecular complexity index is 294. The first-order valence-corrected chi connectivity index (χ1v) is 4.07. The number of alkyl halides is 1. The van der Waals surface area contributed by atoms with Gasteiger partial charge in [0.2, 0.25) is 0 Å². The van der Waals surface area contributed by atoms with Crippen molar-refractivity contribution in [2.45, 2.75) is 19.0 Å². The van der Waals surface area contributed by atoms with E-state index in [1.54, 1.807) is 6.92 Å². The van der Waals surface area contributed by atoms with Crippen molar-refractivity contribution in [3.63, 3.8) is 0 Å². The number of rotatable bonds is 0. The molecule has 2 rings (SSSR count). The SMILES string of the molecule is CC1(F)COc2ccccc2C1. The number of benzene rings is 1. The maximum absolute atomic E-state index is 13.4. The van der Waals surface area contributed by atoms with Gasteiger partial charge in [-0.05, 0) is 18.6 Å². The molecule has 1 aliphatic rings. The van der Waals surface area contributed by atoms with Crippen LogP contribution in [0.1, 0.15) is 12.5 Å². The fraction of sp³-hybridized carbons (Fsp3) is 0.400. The third kappa shape index (κ3) is 1.29. The van der Waals surface area contributed by atoms with Gasteiger partial charge in [0.25, 0.3) is 0 Å². The van der Waals surface area contributed by atoms with E-state index in [0.29, 0.717) is 6.42 Å². The van der Waals surface area contributed by atoms with Crippen LogP contribution in [0.3, 0.4) is 0 Å². The summed E-state index contributed by atoms with van der Waals surface area (Å²) in [6, 6.07) is 7.60. The van der Waals surface area contributed by atoms with Crippen LogP contribution in [0, 0.1) is 0 Å². The molecule has 0 spiro atoms. The summed E-state index contributed by atoms with van der Waals surface area (Å²) in [5.74, 6) is 0.827. The van der Waals surface area contributed by atoms with E-state index in [1.807, 2.05) is 24.3 Å². The lowest BCUT2D eigenvalue weighted by molar-refractivity contribution is 0.0845. The Morgan fingerprint density at radius 2 is 2.17 bits per heavy atom. The van der Waals surface area contributed by atoms with Gasteiger partial charge >= 0.3 is 0 Å². The van der Waals surface area contributed by atoms with E-state index in [9.17, 15) is 4.39 Å². The first-order chi connectivity index (χ1) is 5.67. The van der Waals surface area contributed by atoms with Gasteiger partial charge in [0, 0.05) is 6.42 Å². The van der Waals surface area contributed by atoms with Crippen molar-refractivity contribution in [1.29, 1.82) is 0 Å². The highest BCUT2D eigenvalue weighted by Crippen LogP contribution is 2.30. The van der Waals surface area contributed by atoms with Crippen LogP contribution in [-0.4, -0.2) is 12.3 Å². The molecule has 0 radical (unpaired) electrons. The van der Waals surface area contributed by atoms with Crippen molar-refractivity contribution in [2.75, 3.05) is 6.61 Å². The maximum Gasteiger partial charge on any atom is 0.146 e. The highest BCUT2D eigenvalue weighted by molar-refractivity contribution is 5.36. The molecule has 1 heterocycles. The third-order valence-electron chi connectivity index (χ3n) is 2.06. The predicted molar refractivity (Wildman–Crippen MR) is 45.2 cm³/mol. The first kappa shape index (κ1) is 7.59. The third-order valence-corrected chi connectivity index (χ3v) is 2.06. The molecule has 2 heteroatoms. The molecule has 1 atom stereocenters. The molecule has 0 bridgehead atoms. The van der Waals surface area contributed by atoms with E-state index >= 15 is 0 Å². The molecular weight excluding hydrogens is 155 g/mol. The van der Waals surface area contributed by atoms with Crippen LogP contribution in [0.2, 0.25) is 0 Å². The lowest BCUT2D eigenvalue weighted by Crippen LogP contribution is -2.33. The summed E-state index contributed by atoms with van der Waals surface area (Å²) in [7, 11) is 0.